The molecule has 0 unspecified atom stereocenters. The molecule has 0 aliphatic heterocycles. The summed E-state index contributed by atoms with van der Waals surface area (Å²) in [5, 5.41) is 16.5. The van der Waals surface area contributed by atoms with Crippen LogP contribution in [0.25, 0.3) is 10.9 Å². The van der Waals surface area contributed by atoms with Crippen molar-refractivity contribution in [3.05, 3.63) is 77.5 Å². The summed E-state index contributed by atoms with van der Waals surface area (Å²) in [6, 6.07) is 16.3. The minimum Gasteiger partial charge on any atom is -0.497 e. The highest BCUT2D eigenvalue weighted by atomic mass is 127. The SMILES string of the molecule is COc1ccc(CN=C(NCCc2c[nH]c3ccccc23)NCc2nnc(C)n2C)cc1.I. The minimum absolute atomic E-state index is 0. The molecular formula is C24H30IN7O. The van der Waals surface area contributed by atoms with Crippen molar-refractivity contribution >= 4 is 40.8 Å². The van der Waals surface area contributed by atoms with Crippen LogP contribution in [0.15, 0.2) is 59.7 Å². The molecule has 0 bridgehead atoms. The maximum absolute atomic E-state index is 5.24. The van der Waals surface area contributed by atoms with Gasteiger partial charge in [-0.1, -0.05) is 30.3 Å². The smallest absolute Gasteiger partial charge is 0.191 e. The Morgan fingerprint density at radius 1 is 1.09 bits per heavy atom. The van der Waals surface area contributed by atoms with Gasteiger partial charge in [0.15, 0.2) is 11.8 Å². The lowest BCUT2D eigenvalue weighted by atomic mass is 10.1. The predicted molar refractivity (Wildman–Crippen MR) is 142 cm³/mol. The first-order valence-corrected chi connectivity index (χ1v) is 10.7. The number of methoxy groups -OCH3 is 1. The van der Waals surface area contributed by atoms with E-state index in [-0.39, 0.29) is 24.0 Å². The number of hydrogen-bond acceptors (Lipinski definition) is 4. The molecule has 4 aromatic rings. The molecule has 0 saturated heterocycles. The van der Waals surface area contributed by atoms with Crippen LogP contribution in [0.2, 0.25) is 0 Å². The minimum atomic E-state index is 0. The van der Waals surface area contributed by atoms with Gasteiger partial charge in [-0.05, 0) is 42.7 Å². The highest BCUT2D eigenvalue weighted by molar-refractivity contribution is 14.0. The zero-order valence-corrected chi connectivity index (χ0v) is 21.5. The Morgan fingerprint density at radius 2 is 1.88 bits per heavy atom. The number of para-hydroxylation sites is 1. The standard InChI is InChI=1S/C24H29N7O.HI/c1-17-29-30-23(31(17)2)16-28-24(27-14-18-8-10-20(32-3)11-9-18)25-13-12-19-15-26-22-7-5-4-6-21(19)22;/h4-11,15,26H,12-14,16H2,1-3H3,(H2,25,27,28);1H. The Bertz CT molecular complexity index is 1200. The summed E-state index contributed by atoms with van der Waals surface area (Å²) in [4.78, 5) is 8.11. The topological polar surface area (TPSA) is 92.2 Å². The van der Waals surface area contributed by atoms with E-state index >= 15 is 0 Å². The van der Waals surface area contributed by atoms with Crippen molar-refractivity contribution in [2.24, 2.45) is 12.0 Å². The molecular weight excluding hydrogens is 529 g/mol. The number of H-pyrrole nitrogens is 1. The number of aryl methyl sites for hydroxylation is 1. The molecule has 0 fully saturated rings. The van der Waals surface area contributed by atoms with E-state index in [0.29, 0.717) is 13.1 Å². The lowest BCUT2D eigenvalue weighted by molar-refractivity contribution is 0.414. The Labute approximate surface area is 210 Å². The molecule has 0 spiro atoms. The van der Waals surface area contributed by atoms with Gasteiger partial charge in [0.25, 0.3) is 0 Å². The van der Waals surface area contributed by atoms with E-state index in [1.807, 2.05) is 48.9 Å². The number of benzene rings is 2. The number of ether oxygens (including phenoxy) is 1. The van der Waals surface area contributed by atoms with Crippen molar-refractivity contribution in [2.45, 2.75) is 26.4 Å². The highest BCUT2D eigenvalue weighted by Gasteiger charge is 2.08. The van der Waals surface area contributed by atoms with E-state index in [4.69, 9.17) is 9.73 Å². The zero-order chi connectivity index (χ0) is 22.3. The van der Waals surface area contributed by atoms with E-state index in [1.54, 1.807) is 7.11 Å². The van der Waals surface area contributed by atoms with Gasteiger partial charge >= 0.3 is 0 Å². The summed E-state index contributed by atoms with van der Waals surface area (Å²) in [6.07, 6.45) is 2.96. The molecule has 0 aliphatic rings. The fourth-order valence-corrected chi connectivity index (χ4v) is 3.50. The molecule has 0 saturated carbocycles. The van der Waals surface area contributed by atoms with Gasteiger partial charge < -0.3 is 24.9 Å². The lowest BCUT2D eigenvalue weighted by Gasteiger charge is -2.13. The van der Waals surface area contributed by atoms with Crippen LogP contribution in [-0.4, -0.2) is 39.4 Å². The van der Waals surface area contributed by atoms with Gasteiger partial charge in [-0.2, -0.15) is 0 Å². The van der Waals surface area contributed by atoms with Crippen LogP contribution in [0.3, 0.4) is 0 Å². The highest BCUT2D eigenvalue weighted by Crippen LogP contribution is 2.17. The second-order valence-corrected chi connectivity index (χ2v) is 7.63. The van der Waals surface area contributed by atoms with Gasteiger partial charge in [-0.3, -0.25) is 0 Å². The molecule has 3 N–H and O–H groups in total. The van der Waals surface area contributed by atoms with Crippen molar-refractivity contribution < 1.29 is 4.74 Å². The van der Waals surface area contributed by atoms with Crippen molar-refractivity contribution in [2.75, 3.05) is 13.7 Å². The average molecular weight is 559 g/mol. The van der Waals surface area contributed by atoms with E-state index in [2.05, 4.69) is 50.2 Å². The first-order valence-electron chi connectivity index (χ1n) is 10.7. The Hall–Kier alpha value is -3.08. The molecule has 0 atom stereocenters. The molecule has 2 heterocycles. The van der Waals surface area contributed by atoms with Crippen LogP contribution >= 0.6 is 24.0 Å². The summed E-state index contributed by atoms with van der Waals surface area (Å²) in [5.74, 6) is 3.32. The largest absolute Gasteiger partial charge is 0.497 e. The summed E-state index contributed by atoms with van der Waals surface area (Å²) >= 11 is 0. The number of halogens is 1. The second kappa shape index (κ2) is 11.7. The fraction of sp³-hybridized carbons (Fsp3) is 0.292. The number of nitrogens with zero attached hydrogens (tertiary/aromatic N) is 4. The number of aromatic nitrogens is 4. The Morgan fingerprint density at radius 3 is 2.61 bits per heavy atom. The van der Waals surface area contributed by atoms with E-state index in [0.717, 1.165) is 47.4 Å². The summed E-state index contributed by atoms with van der Waals surface area (Å²) in [6.45, 7) is 3.80. The average Bonchev–Trinajstić information content (AvgIpc) is 3.38. The molecule has 9 heteroatoms. The molecule has 4 rings (SSSR count). The van der Waals surface area contributed by atoms with Gasteiger partial charge in [-0.25, -0.2) is 4.99 Å². The fourth-order valence-electron chi connectivity index (χ4n) is 3.50. The predicted octanol–water partition coefficient (Wildman–Crippen LogP) is 3.71. The Balaban J connectivity index is 0.00000306. The van der Waals surface area contributed by atoms with Crippen molar-refractivity contribution in [3.8, 4) is 5.75 Å². The van der Waals surface area contributed by atoms with Crippen LogP contribution in [0.5, 0.6) is 5.75 Å². The maximum atomic E-state index is 5.24. The second-order valence-electron chi connectivity index (χ2n) is 7.63. The van der Waals surface area contributed by atoms with Crippen molar-refractivity contribution in [1.82, 2.24) is 30.4 Å². The molecule has 0 amide bonds. The summed E-state index contributed by atoms with van der Waals surface area (Å²) in [7, 11) is 3.63. The maximum Gasteiger partial charge on any atom is 0.191 e. The number of fused-ring (bicyclic) bond motifs is 1. The van der Waals surface area contributed by atoms with Crippen LogP contribution < -0.4 is 15.4 Å². The van der Waals surface area contributed by atoms with Crippen LogP contribution in [-0.2, 0) is 26.6 Å². The third kappa shape index (κ3) is 6.25. The molecule has 0 radical (unpaired) electrons. The van der Waals surface area contributed by atoms with Gasteiger partial charge in [0.2, 0.25) is 0 Å². The van der Waals surface area contributed by atoms with Crippen LogP contribution in [0, 0.1) is 6.92 Å². The number of nitrogens with one attached hydrogen (secondary N) is 3. The zero-order valence-electron chi connectivity index (χ0n) is 19.1. The number of aromatic amines is 1. The normalized spacial score (nSPS) is 11.3. The van der Waals surface area contributed by atoms with Gasteiger partial charge in [0.05, 0.1) is 20.2 Å². The van der Waals surface area contributed by atoms with Gasteiger partial charge in [-0.15, -0.1) is 34.2 Å². The summed E-state index contributed by atoms with van der Waals surface area (Å²) in [5.41, 5.74) is 3.55. The number of aliphatic imine (C=N–C) groups is 1. The molecule has 2 aromatic heterocycles. The quantitative estimate of drug-likeness (QED) is 0.174. The third-order valence-corrected chi connectivity index (χ3v) is 5.54. The van der Waals surface area contributed by atoms with Gasteiger partial charge in [0, 0.05) is 30.7 Å². The molecule has 8 nitrogen and oxygen atoms in total. The third-order valence-electron chi connectivity index (χ3n) is 5.54. The van der Waals surface area contributed by atoms with E-state index in [1.165, 1.54) is 10.9 Å². The first-order chi connectivity index (χ1) is 15.6. The number of hydrogen-bond donors (Lipinski definition) is 3. The van der Waals surface area contributed by atoms with E-state index in [9.17, 15) is 0 Å². The van der Waals surface area contributed by atoms with Crippen molar-refractivity contribution in [1.29, 1.82) is 0 Å². The molecule has 0 aliphatic carbocycles. The molecule has 174 valence electrons. The summed E-state index contributed by atoms with van der Waals surface area (Å²) < 4.78 is 7.21. The number of guanidine groups is 1. The van der Waals surface area contributed by atoms with Gasteiger partial charge in [0.1, 0.15) is 11.6 Å². The molecule has 33 heavy (non-hydrogen) atoms. The first kappa shape index (κ1) is 24.6. The van der Waals surface area contributed by atoms with Crippen LogP contribution in [0.4, 0.5) is 0 Å². The molecule has 2 aromatic carbocycles. The van der Waals surface area contributed by atoms with Crippen LogP contribution in [0.1, 0.15) is 22.8 Å². The Kier molecular flexibility index (Phi) is 8.70. The monoisotopic (exact) mass is 559 g/mol. The van der Waals surface area contributed by atoms with E-state index < -0.39 is 0 Å². The van der Waals surface area contributed by atoms with Crippen molar-refractivity contribution in [3.63, 3.8) is 0 Å². The number of rotatable bonds is 8. The lowest BCUT2D eigenvalue weighted by Crippen LogP contribution is -2.38.